The predicted octanol–water partition coefficient (Wildman–Crippen LogP) is 1.77. The zero-order chi connectivity index (χ0) is 26.4. The predicted molar refractivity (Wildman–Crippen MR) is 137 cm³/mol. The summed E-state index contributed by atoms with van der Waals surface area (Å²) in [5, 5.41) is 2.80. The second kappa shape index (κ2) is 9.25. The topological polar surface area (TPSA) is 148 Å². The molecule has 2 saturated heterocycles. The second-order valence-electron chi connectivity index (χ2n) is 9.18. The Morgan fingerprint density at radius 2 is 2.03 bits per heavy atom. The number of nitrogen functional groups attached to an aromatic ring is 1. The van der Waals surface area contributed by atoms with E-state index in [-0.39, 0.29) is 50.1 Å². The molecule has 1 atom stereocenters. The summed E-state index contributed by atoms with van der Waals surface area (Å²) in [6.07, 6.45) is 6.13. The number of nitrogens with one attached hydrogen (secondary N) is 1. The van der Waals surface area contributed by atoms with Gasteiger partial charge in [-0.15, -0.1) is 0 Å². The number of nitrogens with zero attached hydrogens (tertiary/aromatic N) is 6. The third-order valence-electron chi connectivity index (χ3n) is 6.99. The second-order valence-corrected chi connectivity index (χ2v) is 9.18. The zero-order valence-corrected chi connectivity index (χ0v) is 20.5. The lowest BCUT2D eigenvalue weighted by molar-refractivity contribution is -0.127. The average molecular weight is 519 g/mol. The van der Waals surface area contributed by atoms with Crippen molar-refractivity contribution in [1.82, 2.24) is 24.2 Å². The Morgan fingerprint density at radius 3 is 2.84 bits per heavy atom. The van der Waals surface area contributed by atoms with Gasteiger partial charge in [-0.05, 0) is 31.1 Å². The summed E-state index contributed by atoms with van der Waals surface area (Å²) in [6, 6.07) is 4.41. The van der Waals surface area contributed by atoms with Crippen molar-refractivity contribution in [1.29, 1.82) is 0 Å². The van der Waals surface area contributed by atoms with Crippen LogP contribution in [0.15, 0.2) is 43.2 Å². The Morgan fingerprint density at radius 1 is 1.18 bits per heavy atom. The van der Waals surface area contributed by atoms with Crippen molar-refractivity contribution in [3.8, 4) is 11.5 Å². The summed E-state index contributed by atoms with van der Waals surface area (Å²) in [5.74, 6) is 1.87. The van der Waals surface area contributed by atoms with Crippen molar-refractivity contribution in [3.05, 3.63) is 49.1 Å². The molecule has 0 bridgehead atoms. The number of imidazole rings is 1. The van der Waals surface area contributed by atoms with E-state index in [0.29, 0.717) is 40.9 Å². The van der Waals surface area contributed by atoms with Crippen LogP contribution in [0, 0.1) is 0 Å². The first kappa shape index (κ1) is 23.6. The lowest BCUT2D eigenvalue weighted by Crippen LogP contribution is -2.53. The van der Waals surface area contributed by atoms with E-state index < -0.39 is 6.03 Å². The number of urea groups is 1. The summed E-state index contributed by atoms with van der Waals surface area (Å²) in [7, 11) is 0. The number of ether oxygens (including phenoxy) is 2. The van der Waals surface area contributed by atoms with Crippen LogP contribution < -0.4 is 25.4 Å². The molecule has 13 heteroatoms. The molecule has 2 aromatic heterocycles. The van der Waals surface area contributed by atoms with Crippen LogP contribution in [-0.4, -0.2) is 75.0 Å². The first-order chi connectivity index (χ1) is 18.4. The van der Waals surface area contributed by atoms with Crippen LogP contribution >= 0.6 is 0 Å². The summed E-state index contributed by atoms with van der Waals surface area (Å²) < 4.78 is 12.5. The van der Waals surface area contributed by atoms with E-state index in [1.807, 2.05) is 0 Å². The highest BCUT2D eigenvalue weighted by Gasteiger charge is 2.36. The van der Waals surface area contributed by atoms with Crippen LogP contribution in [-0.2, 0) is 9.59 Å². The van der Waals surface area contributed by atoms with Crippen LogP contribution in [0.1, 0.15) is 24.7 Å². The standard InChI is InChI=1S/C25H26N8O5/c1-2-19(34)31-8-3-4-16(31)23-29-24(21-22(26)27-7-9-33(21)23)32-11-10-30(13-20(32)35)25(36)28-15-5-6-17-18(12-15)38-14-37-17/h2,5-7,9,12,16H,1,3-4,8,10-11,13-14H2,(H2,26,27)(H,28,36). The molecule has 3 aliphatic rings. The Kier molecular flexibility index (Phi) is 5.74. The maximum Gasteiger partial charge on any atom is 0.322 e. The van der Waals surface area contributed by atoms with Gasteiger partial charge < -0.3 is 30.3 Å². The van der Waals surface area contributed by atoms with Crippen molar-refractivity contribution in [2.75, 3.05) is 48.9 Å². The molecule has 13 nitrogen and oxygen atoms in total. The molecule has 2 fully saturated rings. The molecule has 3 aromatic rings. The van der Waals surface area contributed by atoms with Gasteiger partial charge in [0.05, 0.1) is 6.04 Å². The first-order valence-electron chi connectivity index (χ1n) is 12.3. The number of hydrogen-bond donors (Lipinski definition) is 2. The summed E-state index contributed by atoms with van der Waals surface area (Å²) in [5.41, 5.74) is 7.27. The molecule has 3 N–H and O–H groups in total. The van der Waals surface area contributed by atoms with Gasteiger partial charge in [-0.3, -0.25) is 18.9 Å². The van der Waals surface area contributed by atoms with Gasteiger partial charge in [0.2, 0.25) is 18.6 Å². The number of nitrogens with two attached hydrogens (primary N) is 1. The number of rotatable bonds is 4. The Hall–Kier alpha value is -4.81. The monoisotopic (exact) mass is 518 g/mol. The summed E-state index contributed by atoms with van der Waals surface area (Å²) in [4.78, 5) is 52.4. The Balaban J connectivity index is 1.24. The highest BCUT2D eigenvalue weighted by molar-refractivity contribution is 6.02. The first-order valence-corrected chi connectivity index (χ1v) is 12.3. The van der Waals surface area contributed by atoms with Crippen LogP contribution in [0.25, 0.3) is 5.52 Å². The molecule has 0 spiro atoms. The third-order valence-corrected chi connectivity index (χ3v) is 6.99. The average Bonchev–Trinajstić information content (AvgIpc) is 3.66. The molecular formula is C25H26N8O5. The van der Waals surface area contributed by atoms with Crippen LogP contribution in [0.2, 0.25) is 0 Å². The molecule has 0 radical (unpaired) electrons. The smallest absolute Gasteiger partial charge is 0.322 e. The molecule has 4 amide bonds. The van der Waals surface area contributed by atoms with E-state index in [0.717, 1.165) is 12.8 Å². The number of likely N-dealkylation sites (tertiary alicyclic amines) is 1. The largest absolute Gasteiger partial charge is 0.454 e. The number of hydrogen-bond acceptors (Lipinski definition) is 8. The molecule has 3 aliphatic heterocycles. The quantitative estimate of drug-likeness (QED) is 0.497. The van der Waals surface area contributed by atoms with Gasteiger partial charge in [0, 0.05) is 43.8 Å². The molecule has 1 aromatic carbocycles. The minimum atomic E-state index is -0.405. The van der Waals surface area contributed by atoms with Gasteiger partial charge in [-0.2, -0.15) is 0 Å². The number of piperazine rings is 1. The number of amides is 4. The molecule has 1 unspecified atom stereocenters. The van der Waals surface area contributed by atoms with Crippen LogP contribution in [0.5, 0.6) is 11.5 Å². The van der Waals surface area contributed by atoms with Gasteiger partial charge >= 0.3 is 6.03 Å². The minimum Gasteiger partial charge on any atom is -0.454 e. The maximum atomic E-state index is 13.3. The number of benzene rings is 1. The highest BCUT2D eigenvalue weighted by Crippen LogP contribution is 2.37. The van der Waals surface area contributed by atoms with E-state index in [2.05, 4.69) is 16.9 Å². The van der Waals surface area contributed by atoms with E-state index in [4.69, 9.17) is 20.2 Å². The van der Waals surface area contributed by atoms with E-state index in [9.17, 15) is 14.4 Å². The Labute approximate surface area is 217 Å². The minimum absolute atomic E-state index is 0.136. The number of carbonyl (C=O) groups is 3. The number of carbonyl (C=O) groups excluding carboxylic acids is 3. The van der Waals surface area contributed by atoms with Gasteiger partial charge in [-0.1, -0.05) is 6.58 Å². The fourth-order valence-electron chi connectivity index (χ4n) is 5.15. The van der Waals surface area contributed by atoms with Gasteiger partial charge in [0.25, 0.3) is 0 Å². The summed E-state index contributed by atoms with van der Waals surface area (Å²) in [6.45, 7) is 4.69. The number of aromatic nitrogens is 3. The normalized spacial score (nSPS) is 18.8. The van der Waals surface area contributed by atoms with E-state index in [1.54, 1.807) is 39.9 Å². The van der Waals surface area contributed by atoms with E-state index >= 15 is 0 Å². The Bertz CT molecular complexity index is 1470. The van der Waals surface area contributed by atoms with Crippen molar-refractivity contribution < 1.29 is 23.9 Å². The molecule has 0 aliphatic carbocycles. The van der Waals surface area contributed by atoms with Gasteiger partial charge in [-0.25, -0.2) is 14.8 Å². The lowest BCUT2D eigenvalue weighted by atomic mass is 10.2. The SMILES string of the molecule is C=CC(=O)N1CCCC1c1nc(N2CCN(C(=O)Nc3ccc4c(c3)OCO4)CC2=O)c2c(N)nccn12. The summed E-state index contributed by atoms with van der Waals surface area (Å²) >= 11 is 0. The molecule has 5 heterocycles. The number of fused-ring (bicyclic) bond motifs is 2. The third kappa shape index (κ3) is 3.92. The van der Waals surface area contributed by atoms with Crippen molar-refractivity contribution in [3.63, 3.8) is 0 Å². The lowest BCUT2D eigenvalue weighted by Gasteiger charge is -2.33. The highest BCUT2D eigenvalue weighted by atomic mass is 16.7. The van der Waals surface area contributed by atoms with Gasteiger partial charge in [0.15, 0.2) is 23.1 Å². The fraction of sp³-hybridized carbons (Fsp3) is 0.320. The van der Waals surface area contributed by atoms with Crippen molar-refractivity contribution in [2.24, 2.45) is 0 Å². The van der Waals surface area contributed by atoms with E-state index in [1.165, 1.54) is 15.9 Å². The van der Waals surface area contributed by atoms with Crippen molar-refractivity contribution in [2.45, 2.75) is 18.9 Å². The fourth-order valence-corrected chi connectivity index (χ4v) is 5.15. The van der Waals surface area contributed by atoms with Crippen molar-refractivity contribution >= 4 is 40.7 Å². The molecule has 38 heavy (non-hydrogen) atoms. The number of anilines is 3. The molecule has 196 valence electrons. The van der Waals surface area contributed by atoms with Crippen LogP contribution in [0.3, 0.4) is 0 Å². The zero-order valence-electron chi connectivity index (χ0n) is 20.5. The maximum absolute atomic E-state index is 13.3. The molecular weight excluding hydrogens is 492 g/mol. The molecule has 0 saturated carbocycles. The van der Waals surface area contributed by atoms with Gasteiger partial charge in [0.1, 0.15) is 17.9 Å². The molecule has 6 rings (SSSR count). The van der Waals surface area contributed by atoms with Crippen LogP contribution in [0.4, 0.5) is 22.1 Å².